The SMILES string of the molecule is CCNCCCNS(=O)(=O)c1[nH]ncc1C(=O)OCC. The summed E-state index contributed by atoms with van der Waals surface area (Å²) in [5.74, 6) is -0.714. The summed E-state index contributed by atoms with van der Waals surface area (Å²) in [5.41, 5.74) is -0.0916. The Labute approximate surface area is 118 Å². The van der Waals surface area contributed by atoms with Crippen molar-refractivity contribution in [2.75, 3.05) is 26.2 Å². The van der Waals surface area contributed by atoms with E-state index in [4.69, 9.17) is 4.74 Å². The first-order valence-corrected chi connectivity index (χ1v) is 7.92. The summed E-state index contributed by atoms with van der Waals surface area (Å²) in [6, 6.07) is 0. The van der Waals surface area contributed by atoms with Gasteiger partial charge in [-0.3, -0.25) is 5.10 Å². The normalized spacial score (nSPS) is 11.5. The number of aromatic nitrogens is 2. The van der Waals surface area contributed by atoms with Crippen LogP contribution in [0.15, 0.2) is 11.2 Å². The van der Waals surface area contributed by atoms with Gasteiger partial charge in [0.1, 0.15) is 5.56 Å². The standard InChI is InChI=1S/C11H20N4O4S/c1-3-12-6-5-7-14-20(17,18)10-9(8-13-15-10)11(16)19-4-2/h8,12,14H,3-7H2,1-2H3,(H,13,15). The van der Waals surface area contributed by atoms with E-state index >= 15 is 0 Å². The number of carbonyl (C=O) groups excluding carboxylic acids is 1. The molecule has 0 saturated heterocycles. The molecule has 0 amide bonds. The summed E-state index contributed by atoms with van der Waals surface area (Å²) in [5, 5.41) is 8.73. The lowest BCUT2D eigenvalue weighted by Crippen LogP contribution is -2.29. The third-order valence-corrected chi connectivity index (χ3v) is 3.87. The van der Waals surface area contributed by atoms with E-state index in [-0.39, 0.29) is 23.7 Å². The van der Waals surface area contributed by atoms with Crippen LogP contribution in [0, 0.1) is 0 Å². The van der Waals surface area contributed by atoms with Crippen molar-refractivity contribution in [2.45, 2.75) is 25.3 Å². The van der Waals surface area contributed by atoms with E-state index in [0.29, 0.717) is 13.0 Å². The Hall–Kier alpha value is -1.45. The number of nitrogens with zero attached hydrogens (tertiary/aromatic N) is 1. The minimum absolute atomic E-state index is 0.0916. The number of rotatable bonds is 9. The van der Waals surface area contributed by atoms with Crippen molar-refractivity contribution in [3.8, 4) is 0 Å². The smallest absolute Gasteiger partial charge is 0.342 e. The van der Waals surface area contributed by atoms with Crippen molar-refractivity contribution in [1.29, 1.82) is 0 Å². The first-order valence-electron chi connectivity index (χ1n) is 6.43. The second-order valence-corrected chi connectivity index (χ2v) is 5.64. The highest BCUT2D eigenvalue weighted by Crippen LogP contribution is 2.12. The van der Waals surface area contributed by atoms with Gasteiger partial charge >= 0.3 is 5.97 Å². The molecule has 0 spiro atoms. The largest absolute Gasteiger partial charge is 0.462 e. The van der Waals surface area contributed by atoms with Gasteiger partial charge in [-0.15, -0.1) is 0 Å². The number of esters is 1. The maximum Gasteiger partial charge on any atom is 0.342 e. The molecule has 0 radical (unpaired) electrons. The third kappa shape index (κ3) is 4.58. The number of sulfonamides is 1. The molecule has 3 N–H and O–H groups in total. The van der Waals surface area contributed by atoms with Gasteiger partial charge in [-0.2, -0.15) is 5.10 Å². The fourth-order valence-corrected chi connectivity index (χ4v) is 2.66. The van der Waals surface area contributed by atoms with E-state index in [1.165, 1.54) is 0 Å². The molecule has 0 bridgehead atoms. The molecule has 1 rings (SSSR count). The average Bonchev–Trinajstić information content (AvgIpc) is 2.89. The maximum atomic E-state index is 12.0. The Morgan fingerprint density at radius 2 is 2.15 bits per heavy atom. The zero-order valence-electron chi connectivity index (χ0n) is 11.6. The van der Waals surface area contributed by atoms with Gasteiger partial charge in [0.15, 0.2) is 5.03 Å². The zero-order chi connectivity index (χ0) is 15.0. The second-order valence-electron chi connectivity index (χ2n) is 3.94. The summed E-state index contributed by atoms with van der Waals surface area (Å²) in [7, 11) is -3.79. The molecule has 0 aliphatic heterocycles. The predicted molar refractivity (Wildman–Crippen MR) is 72.9 cm³/mol. The summed E-state index contributed by atoms with van der Waals surface area (Å²) in [4.78, 5) is 11.6. The molecule has 20 heavy (non-hydrogen) atoms. The van der Waals surface area contributed by atoms with Crippen LogP contribution in [0.4, 0.5) is 0 Å². The highest BCUT2D eigenvalue weighted by molar-refractivity contribution is 7.89. The number of H-pyrrole nitrogens is 1. The van der Waals surface area contributed by atoms with Gasteiger partial charge < -0.3 is 10.1 Å². The monoisotopic (exact) mass is 304 g/mol. The van der Waals surface area contributed by atoms with Gasteiger partial charge in [-0.05, 0) is 26.4 Å². The molecule has 0 aliphatic carbocycles. The van der Waals surface area contributed by atoms with Gasteiger partial charge in [0.25, 0.3) is 10.0 Å². The minimum Gasteiger partial charge on any atom is -0.462 e. The quantitative estimate of drug-likeness (QED) is 0.432. The van der Waals surface area contributed by atoms with E-state index in [0.717, 1.165) is 12.7 Å². The fourth-order valence-electron chi connectivity index (χ4n) is 1.50. The van der Waals surface area contributed by atoms with Crippen LogP contribution in [0.2, 0.25) is 0 Å². The molecule has 8 nitrogen and oxygen atoms in total. The first-order chi connectivity index (χ1) is 9.53. The molecule has 1 aromatic heterocycles. The lowest BCUT2D eigenvalue weighted by Gasteiger charge is -2.07. The van der Waals surface area contributed by atoms with Crippen LogP contribution in [-0.2, 0) is 14.8 Å². The maximum absolute atomic E-state index is 12.0. The Morgan fingerprint density at radius 3 is 2.80 bits per heavy atom. The summed E-state index contributed by atoms with van der Waals surface area (Å²) >= 11 is 0. The molecule has 114 valence electrons. The van der Waals surface area contributed by atoms with Crippen molar-refractivity contribution in [3.05, 3.63) is 11.8 Å². The summed E-state index contributed by atoms with van der Waals surface area (Å²) in [6.45, 7) is 5.61. The van der Waals surface area contributed by atoms with Crippen molar-refractivity contribution in [1.82, 2.24) is 20.2 Å². The van der Waals surface area contributed by atoms with Gasteiger partial charge in [0, 0.05) is 6.54 Å². The lowest BCUT2D eigenvalue weighted by atomic mass is 10.4. The van der Waals surface area contributed by atoms with E-state index in [9.17, 15) is 13.2 Å². The number of ether oxygens (including phenoxy) is 1. The van der Waals surface area contributed by atoms with E-state index < -0.39 is 16.0 Å². The highest BCUT2D eigenvalue weighted by atomic mass is 32.2. The zero-order valence-corrected chi connectivity index (χ0v) is 12.4. The summed E-state index contributed by atoms with van der Waals surface area (Å²) < 4.78 is 31.3. The number of hydrogen-bond donors (Lipinski definition) is 3. The third-order valence-electron chi connectivity index (χ3n) is 2.44. The number of carbonyl (C=O) groups is 1. The first kappa shape index (κ1) is 16.6. The fraction of sp³-hybridized carbons (Fsp3) is 0.636. The molecule has 1 aromatic rings. The molecular formula is C11H20N4O4S. The van der Waals surface area contributed by atoms with E-state index in [1.807, 2.05) is 6.92 Å². The van der Waals surface area contributed by atoms with Gasteiger partial charge in [0.2, 0.25) is 0 Å². The van der Waals surface area contributed by atoms with Crippen LogP contribution in [0.3, 0.4) is 0 Å². The van der Waals surface area contributed by atoms with Crippen molar-refractivity contribution < 1.29 is 17.9 Å². The van der Waals surface area contributed by atoms with Crippen molar-refractivity contribution in [2.24, 2.45) is 0 Å². The molecular weight excluding hydrogens is 284 g/mol. The molecule has 0 aliphatic rings. The van der Waals surface area contributed by atoms with Crippen LogP contribution >= 0.6 is 0 Å². The molecule has 0 unspecified atom stereocenters. The summed E-state index contributed by atoms with van der Waals surface area (Å²) in [6.07, 6.45) is 1.79. The molecule has 0 aromatic carbocycles. The average molecular weight is 304 g/mol. The predicted octanol–water partition coefficient (Wildman–Crippen LogP) is -0.136. The number of hydrogen-bond acceptors (Lipinski definition) is 6. The van der Waals surface area contributed by atoms with E-state index in [2.05, 4.69) is 20.2 Å². The molecule has 0 saturated carbocycles. The van der Waals surface area contributed by atoms with Gasteiger partial charge in [-0.1, -0.05) is 6.92 Å². The van der Waals surface area contributed by atoms with Crippen LogP contribution < -0.4 is 10.0 Å². The Kier molecular flexibility index (Phi) is 6.62. The number of aromatic amines is 1. The van der Waals surface area contributed by atoms with Gasteiger partial charge in [-0.25, -0.2) is 17.9 Å². The van der Waals surface area contributed by atoms with Crippen LogP contribution in [0.5, 0.6) is 0 Å². The van der Waals surface area contributed by atoms with Crippen LogP contribution in [0.1, 0.15) is 30.6 Å². The van der Waals surface area contributed by atoms with E-state index in [1.54, 1.807) is 6.92 Å². The minimum atomic E-state index is -3.79. The Balaban J connectivity index is 2.68. The van der Waals surface area contributed by atoms with Crippen molar-refractivity contribution >= 4 is 16.0 Å². The Morgan fingerprint density at radius 1 is 1.40 bits per heavy atom. The van der Waals surface area contributed by atoms with Crippen molar-refractivity contribution in [3.63, 3.8) is 0 Å². The second kappa shape index (κ2) is 7.98. The number of nitrogens with one attached hydrogen (secondary N) is 3. The molecule has 1 heterocycles. The topological polar surface area (TPSA) is 113 Å². The molecule has 9 heteroatoms. The molecule has 0 fully saturated rings. The van der Waals surface area contributed by atoms with Crippen LogP contribution in [-0.4, -0.2) is 50.8 Å². The van der Waals surface area contributed by atoms with Gasteiger partial charge in [0.05, 0.1) is 12.8 Å². The molecule has 0 atom stereocenters. The van der Waals surface area contributed by atoms with Crippen LogP contribution in [0.25, 0.3) is 0 Å². The Bertz CT molecular complexity index is 526. The lowest BCUT2D eigenvalue weighted by molar-refractivity contribution is 0.0522. The highest BCUT2D eigenvalue weighted by Gasteiger charge is 2.25.